The summed E-state index contributed by atoms with van der Waals surface area (Å²) in [5.74, 6) is 3.51. The van der Waals surface area contributed by atoms with Crippen molar-refractivity contribution in [2.75, 3.05) is 40.4 Å². The van der Waals surface area contributed by atoms with Gasteiger partial charge in [-0.3, -0.25) is 4.79 Å². The minimum atomic E-state index is 0.187. The second-order valence-electron chi connectivity index (χ2n) is 12.0. The Hall–Kier alpha value is -2.37. The van der Waals surface area contributed by atoms with Crippen LogP contribution in [0, 0.1) is 11.8 Å². The third-order valence-electron chi connectivity index (χ3n) is 8.18. The van der Waals surface area contributed by atoms with Crippen LogP contribution in [0.25, 0.3) is 0 Å². The highest BCUT2D eigenvalue weighted by Gasteiger charge is 2.15. The van der Waals surface area contributed by atoms with Crippen LogP contribution in [-0.4, -0.2) is 51.1 Å². The Morgan fingerprint density at radius 1 is 0.800 bits per heavy atom. The molecule has 0 unspecified atom stereocenters. The van der Waals surface area contributed by atoms with E-state index in [1.54, 1.807) is 0 Å². The van der Waals surface area contributed by atoms with Crippen molar-refractivity contribution in [3.63, 3.8) is 0 Å². The second kappa shape index (κ2) is 18.9. The van der Waals surface area contributed by atoms with E-state index in [9.17, 15) is 4.79 Å². The summed E-state index contributed by atoms with van der Waals surface area (Å²) in [5.41, 5.74) is 7.66. The molecule has 0 aromatic heterocycles. The molecule has 0 radical (unpaired) electrons. The molecule has 2 N–H and O–H groups in total. The van der Waals surface area contributed by atoms with E-state index in [4.69, 9.17) is 15.2 Å². The lowest BCUT2D eigenvalue weighted by atomic mass is 9.90. The Bertz CT molecular complexity index is 965. The largest absolute Gasteiger partial charge is 0.493 e. The number of Topliss-reactive ketones (excluding diaryl/α,β-unsaturated/α-hetero) is 1. The monoisotopic (exact) mass is 550 g/mol. The van der Waals surface area contributed by atoms with Gasteiger partial charge < -0.3 is 20.1 Å². The van der Waals surface area contributed by atoms with Crippen molar-refractivity contribution in [3.8, 4) is 11.5 Å². The van der Waals surface area contributed by atoms with Crippen LogP contribution in [0.1, 0.15) is 99.4 Å². The van der Waals surface area contributed by atoms with Gasteiger partial charge in [0, 0.05) is 18.5 Å². The van der Waals surface area contributed by atoms with Gasteiger partial charge in [0.1, 0.15) is 11.5 Å². The lowest BCUT2D eigenvalue weighted by Gasteiger charge is -2.21. The van der Waals surface area contributed by atoms with Crippen LogP contribution in [-0.2, 0) is 6.42 Å². The van der Waals surface area contributed by atoms with Gasteiger partial charge in [-0.1, -0.05) is 62.8 Å². The number of nitrogens with zero attached hydrogens (tertiary/aromatic N) is 1. The van der Waals surface area contributed by atoms with Crippen LogP contribution in [0.5, 0.6) is 11.5 Å². The van der Waals surface area contributed by atoms with Crippen molar-refractivity contribution in [1.82, 2.24) is 4.90 Å². The Kier molecular flexibility index (Phi) is 15.2. The van der Waals surface area contributed by atoms with E-state index in [1.807, 2.05) is 43.3 Å². The minimum absolute atomic E-state index is 0.187. The zero-order valence-corrected chi connectivity index (χ0v) is 25.3. The fraction of sp³-hybridized carbons (Fsp3) is 0.629. The number of carbonyl (C=O) groups is 1. The van der Waals surface area contributed by atoms with Crippen molar-refractivity contribution in [3.05, 3.63) is 59.7 Å². The molecule has 2 saturated carbocycles. The molecule has 0 saturated heterocycles. The number of unbranched alkanes of at least 4 members (excludes halogenated alkanes) is 1. The first-order valence-electron chi connectivity index (χ1n) is 15.9. The molecule has 0 amide bonds. The number of carbonyl (C=O) groups excluding carboxylic acids is 1. The second-order valence-corrected chi connectivity index (χ2v) is 12.0. The van der Waals surface area contributed by atoms with Gasteiger partial charge in [0.2, 0.25) is 0 Å². The molecule has 2 aromatic carbocycles. The Balaban J connectivity index is 0.000000222. The Morgan fingerprint density at radius 2 is 1.38 bits per heavy atom. The van der Waals surface area contributed by atoms with Gasteiger partial charge >= 0.3 is 0 Å². The number of aryl methyl sites for hydroxylation is 1. The Morgan fingerprint density at radius 3 is 1.95 bits per heavy atom. The van der Waals surface area contributed by atoms with Gasteiger partial charge in [-0.15, -0.1) is 0 Å². The van der Waals surface area contributed by atoms with Crippen LogP contribution in [0.4, 0.5) is 0 Å². The molecule has 5 heteroatoms. The van der Waals surface area contributed by atoms with Gasteiger partial charge in [-0.2, -0.15) is 0 Å². The first kappa shape index (κ1) is 32.1. The molecule has 2 aromatic rings. The summed E-state index contributed by atoms with van der Waals surface area (Å²) in [7, 11) is 3.97. The number of ketones is 1. The summed E-state index contributed by atoms with van der Waals surface area (Å²) in [5, 5.41) is 0. The molecule has 222 valence electrons. The summed E-state index contributed by atoms with van der Waals surface area (Å²) < 4.78 is 11.9. The van der Waals surface area contributed by atoms with Crippen molar-refractivity contribution in [2.45, 2.75) is 89.9 Å². The molecule has 0 atom stereocenters. The summed E-state index contributed by atoms with van der Waals surface area (Å²) in [6, 6.07) is 16.2. The summed E-state index contributed by atoms with van der Waals surface area (Å²) >= 11 is 0. The van der Waals surface area contributed by atoms with Crippen molar-refractivity contribution in [1.29, 1.82) is 0 Å². The molecule has 2 fully saturated rings. The lowest BCUT2D eigenvalue weighted by molar-refractivity contribution is 0.0972. The van der Waals surface area contributed by atoms with E-state index in [2.05, 4.69) is 24.3 Å². The van der Waals surface area contributed by atoms with Crippen LogP contribution in [0.3, 0.4) is 0 Å². The number of hydrogen-bond acceptors (Lipinski definition) is 5. The minimum Gasteiger partial charge on any atom is -0.493 e. The molecular weight excluding hydrogens is 496 g/mol. The normalized spacial score (nSPS) is 16.3. The smallest absolute Gasteiger partial charge is 0.164 e. The molecule has 4 rings (SSSR count). The van der Waals surface area contributed by atoms with E-state index < -0.39 is 0 Å². The highest BCUT2D eigenvalue weighted by atomic mass is 16.5. The topological polar surface area (TPSA) is 64.8 Å². The van der Waals surface area contributed by atoms with Crippen LogP contribution < -0.4 is 15.2 Å². The molecule has 0 spiro atoms. The lowest BCUT2D eigenvalue weighted by Crippen LogP contribution is -2.17. The van der Waals surface area contributed by atoms with E-state index in [1.165, 1.54) is 76.2 Å². The predicted octanol–water partition coefficient (Wildman–Crippen LogP) is 7.71. The highest BCUT2D eigenvalue weighted by Crippen LogP contribution is 2.26. The van der Waals surface area contributed by atoms with Gasteiger partial charge in [0.05, 0.1) is 13.2 Å². The van der Waals surface area contributed by atoms with Gasteiger partial charge in [0.15, 0.2) is 5.78 Å². The number of ether oxygens (including phenoxy) is 2. The molecule has 2 aliphatic rings. The van der Waals surface area contributed by atoms with Gasteiger partial charge in [-0.25, -0.2) is 0 Å². The average molecular weight is 551 g/mol. The van der Waals surface area contributed by atoms with Crippen molar-refractivity contribution < 1.29 is 14.3 Å². The Labute approximate surface area is 243 Å². The van der Waals surface area contributed by atoms with Gasteiger partial charge in [0.25, 0.3) is 0 Å². The van der Waals surface area contributed by atoms with E-state index in [0.717, 1.165) is 62.1 Å². The zero-order chi connectivity index (χ0) is 28.4. The van der Waals surface area contributed by atoms with Crippen LogP contribution in [0.2, 0.25) is 0 Å². The summed E-state index contributed by atoms with van der Waals surface area (Å²) in [6.07, 6.45) is 17.4. The van der Waals surface area contributed by atoms with E-state index in [0.29, 0.717) is 12.3 Å². The van der Waals surface area contributed by atoms with Crippen molar-refractivity contribution in [2.24, 2.45) is 17.6 Å². The number of hydrogen-bond donors (Lipinski definition) is 1. The van der Waals surface area contributed by atoms with Crippen LogP contribution in [0.15, 0.2) is 48.5 Å². The molecule has 5 nitrogen and oxygen atoms in total. The quantitative estimate of drug-likeness (QED) is 0.193. The highest BCUT2D eigenvalue weighted by molar-refractivity contribution is 5.96. The van der Waals surface area contributed by atoms with Gasteiger partial charge in [-0.05, 0) is 107 Å². The maximum absolute atomic E-state index is 12.1. The number of nitrogens with two attached hydrogens (primary N) is 1. The number of benzene rings is 2. The molecule has 0 aliphatic heterocycles. The fourth-order valence-corrected chi connectivity index (χ4v) is 5.63. The first-order valence-corrected chi connectivity index (χ1v) is 15.9. The van der Waals surface area contributed by atoms with Crippen molar-refractivity contribution >= 4 is 5.78 Å². The fourth-order valence-electron chi connectivity index (χ4n) is 5.63. The first-order chi connectivity index (χ1) is 19.5. The SMILES string of the molecule is CN(C)CCC(=O)c1cccc(OCC2CCCCC2)c1.NCCCCc1cccc(OCC2CCCCC2)c1. The molecule has 0 bridgehead atoms. The summed E-state index contributed by atoms with van der Waals surface area (Å²) in [4.78, 5) is 14.2. The zero-order valence-electron chi connectivity index (χ0n) is 25.3. The number of rotatable bonds is 14. The predicted molar refractivity (Wildman–Crippen MR) is 167 cm³/mol. The average Bonchev–Trinajstić information content (AvgIpc) is 3.00. The maximum atomic E-state index is 12.1. The third-order valence-corrected chi connectivity index (χ3v) is 8.18. The maximum Gasteiger partial charge on any atom is 0.164 e. The molecular formula is C35H54N2O3. The molecule has 0 heterocycles. The third kappa shape index (κ3) is 12.9. The van der Waals surface area contributed by atoms with E-state index in [-0.39, 0.29) is 5.78 Å². The molecule has 2 aliphatic carbocycles. The summed E-state index contributed by atoms with van der Waals surface area (Å²) in [6.45, 7) is 3.26. The van der Waals surface area contributed by atoms with Crippen LogP contribution >= 0.6 is 0 Å². The molecule has 40 heavy (non-hydrogen) atoms. The standard InChI is InChI=1S/C18H27NO2.C17H27NO/c1-19(2)12-11-18(20)16-9-6-10-17(13-16)21-14-15-7-4-3-5-8-15;18-12-5-4-7-15-10-6-11-17(13-15)19-14-16-8-2-1-3-9-16/h6,9-10,13,15H,3-5,7-8,11-12,14H2,1-2H3;6,10-11,13,16H,1-5,7-9,12,14,18H2. The van der Waals surface area contributed by atoms with E-state index >= 15 is 0 Å².